The van der Waals surface area contributed by atoms with Crippen molar-refractivity contribution in [3.8, 4) is 0 Å². The molecule has 0 aliphatic heterocycles. The van der Waals surface area contributed by atoms with E-state index in [1.54, 1.807) is 0 Å². The number of rotatable bonds is 6. The first kappa shape index (κ1) is 12.2. The fraction of sp³-hybridized carbons (Fsp3) is 0.750. The Hall–Kier alpha value is -0.830. The van der Waals surface area contributed by atoms with E-state index in [-0.39, 0.29) is 24.1 Å². The molecule has 0 bridgehead atoms. The molecular formula is C12H20O3. The Morgan fingerprint density at radius 1 is 1.33 bits per heavy atom. The standard InChI is InChI=1S/C12H20O3/c1-2-3-4-9(7-8-13)10-5-6-11(14)12(10)15/h9,13,15H,2-8H2,1H3. The van der Waals surface area contributed by atoms with E-state index in [4.69, 9.17) is 5.11 Å². The molecule has 1 unspecified atom stereocenters. The second kappa shape index (κ2) is 5.91. The zero-order chi connectivity index (χ0) is 11.3. The summed E-state index contributed by atoms with van der Waals surface area (Å²) in [6.07, 6.45) is 4.92. The van der Waals surface area contributed by atoms with Crippen molar-refractivity contribution in [2.45, 2.75) is 45.4 Å². The van der Waals surface area contributed by atoms with Gasteiger partial charge in [-0.05, 0) is 30.8 Å². The highest BCUT2D eigenvalue weighted by atomic mass is 16.3. The minimum absolute atomic E-state index is 0.0236. The first-order valence-corrected chi connectivity index (χ1v) is 5.76. The van der Waals surface area contributed by atoms with Gasteiger partial charge in [-0.3, -0.25) is 4.79 Å². The number of aliphatic hydroxyl groups excluding tert-OH is 2. The van der Waals surface area contributed by atoms with Crippen LogP contribution in [0.1, 0.15) is 45.4 Å². The van der Waals surface area contributed by atoms with Gasteiger partial charge in [0, 0.05) is 13.0 Å². The molecule has 1 aliphatic carbocycles. The van der Waals surface area contributed by atoms with Crippen molar-refractivity contribution in [2.24, 2.45) is 5.92 Å². The van der Waals surface area contributed by atoms with Crippen molar-refractivity contribution in [3.63, 3.8) is 0 Å². The molecule has 0 aromatic heterocycles. The normalized spacial score (nSPS) is 18.7. The summed E-state index contributed by atoms with van der Waals surface area (Å²) in [6.45, 7) is 2.24. The number of allylic oxidation sites excluding steroid dienone is 2. The predicted molar refractivity (Wildman–Crippen MR) is 58.6 cm³/mol. The lowest BCUT2D eigenvalue weighted by molar-refractivity contribution is -0.117. The van der Waals surface area contributed by atoms with Crippen LogP contribution in [0.2, 0.25) is 0 Å². The van der Waals surface area contributed by atoms with E-state index in [1.165, 1.54) is 0 Å². The van der Waals surface area contributed by atoms with Gasteiger partial charge in [0.15, 0.2) is 11.5 Å². The molecule has 2 N–H and O–H groups in total. The average molecular weight is 212 g/mol. The monoisotopic (exact) mass is 212 g/mol. The van der Waals surface area contributed by atoms with Gasteiger partial charge in [-0.1, -0.05) is 19.8 Å². The van der Waals surface area contributed by atoms with Crippen molar-refractivity contribution in [2.75, 3.05) is 6.61 Å². The Morgan fingerprint density at radius 3 is 2.53 bits per heavy atom. The van der Waals surface area contributed by atoms with E-state index in [0.29, 0.717) is 19.3 Å². The van der Waals surface area contributed by atoms with Crippen LogP contribution in [-0.4, -0.2) is 22.6 Å². The van der Waals surface area contributed by atoms with Crippen molar-refractivity contribution in [3.05, 3.63) is 11.3 Å². The predicted octanol–water partition coefficient (Wildman–Crippen LogP) is 2.35. The van der Waals surface area contributed by atoms with Gasteiger partial charge in [-0.25, -0.2) is 0 Å². The summed E-state index contributed by atoms with van der Waals surface area (Å²) in [5.41, 5.74) is 0.877. The number of unbranched alkanes of at least 4 members (excludes halogenated alkanes) is 1. The summed E-state index contributed by atoms with van der Waals surface area (Å²) >= 11 is 0. The van der Waals surface area contributed by atoms with Gasteiger partial charge < -0.3 is 10.2 Å². The molecule has 0 fully saturated rings. The van der Waals surface area contributed by atoms with Gasteiger partial charge in [-0.2, -0.15) is 0 Å². The van der Waals surface area contributed by atoms with Crippen LogP contribution >= 0.6 is 0 Å². The van der Waals surface area contributed by atoms with Gasteiger partial charge in [0.2, 0.25) is 0 Å². The van der Waals surface area contributed by atoms with Crippen LogP contribution < -0.4 is 0 Å². The zero-order valence-electron chi connectivity index (χ0n) is 9.33. The summed E-state index contributed by atoms with van der Waals surface area (Å²) < 4.78 is 0. The maximum absolute atomic E-state index is 11.2. The molecule has 15 heavy (non-hydrogen) atoms. The maximum Gasteiger partial charge on any atom is 0.197 e. The Kier molecular flexibility index (Phi) is 4.82. The SMILES string of the molecule is CCCCC(CCO)C1=C(O)C(=O)CC1. The molecule has 1 rings (SSSR count). The first-order valence-electron chi connectivity index (χ1n) is 5.76. The molecule has 3 heteroatoms. The summed E-state index contributed by atoms with van der Waals surface area (Å²) in [6, 6.07) is 0. The van der Waals surface area contributed by atoms with Gasteiger partial charge in [0.25, 0.3) is 0 Å². The van der Waals surface area contributed by atoms with Gasteiger partial charge in [0.05, 0.1) is 0 Å². The minimum atomic E-state index is -0.135. The number of hydrogen-bond acceptors (Lipinski definition) is 3. The summed E-state index contributed by atoms with van der Waals surface area (Å²) in [4.78, 5) is 11.2. The lowest BCUT2D eigenvalue weighted by Gasteiger charge is -2.16. The van der Waals surface area contributed by atoms with Crippen LogP contribution in [0.5, 0.6) is 0 Å². The Bertz CT molecular complexity index is 256. The Balaban J connectivity index is 2.66. The number of hydrogen-bond donors (Lipinski definition) is 2. The third-order valence-electron chi connectivity index (χ3n) is 3.07. The molecule has 0 saturated carbocycles. The quantitative estimate of drug-likeness (QED) is 0.710. The third kappa shape index (κ3) is 3.06. The summed E-state index contributed by atoms with van der Waals surface area (Å²) in [5, 5.41) is 18.6. The highest BCUT2D eigenvalue weighted by molar-refractivity contribution is 5.96. The van der Waals surface area contributed by atoms with Crippen LogP contribution in [0, 0.1) is 5.92 Å². The summed E-state index contributed by atoms with van der Waals surface area (Å²) in [5.74, 6) is 0.0374. The van der Waals surface area contributed by atoms with E-state index < -0.39 is 0 Å². The summed E-state index contributed by atoms with van der Waals surface area (Å²) in [7, 11) is 0. The Morgan fingerprint density at radius 2 is 2.07 bits per heavy atom. The molecule has 0 heterocycles. The van der Waals surface area contributed by atoms with Crippen LogP contribution in [0.25, 0.3) is 0 Å². The highest BCUT2D eigenvalue weighted by Crippen LogP contribution is 2.32. The lowest BCUT2D eigenvalue weighted by Crippen LogP contribution is -2.08. The van der Waals surface area contributed by atoms with Crippen molar-refractivity contribution >= 4 is 5.78 Å². The molecular weight excluding hydrogens is 192 g/mol. The lowest BCUT2D eigenvalue weighted by atomic mass is 9.90. The molecule has 3 nitrogen and oxygen atoms in total. The van der Waals surface area contributed by atoms with Gasteiger partial charge in [-0.15, -0.1) is 0 Å². The van der Waals surface area contributed by atoms with Gasteiger partial charge >= 0.3 is 0 Å². The molecule has 0 aromatic carbocycles. The average Bonchev–Trinajstić information content (AvgIpc) is 2.55. The van der Waals surface area contributed by atoms with Gasteiger partial charge in [0.1, 0.15) is 0 Å². The van der Waals surface area contributed by atoms with E-state index in [1.807, 2.05) is 0 Å². The Labute approximate surface area is 90.8 Å². The van der Waals surface area contributed by atoms with E-state index in [2.05, 4.69) is 6.92 Å². The highest BCUT2D eigenvalue weighted by Gasteiger charge is 2.27. The largest absolute Gasteiger partial charge is 0.504 e. The fourth-order valence-electron chi connectivity index (χ4n) is 2.16. The molecule has 0 amide bonds. The fourth-order valence-corrected chi connectivity index (χ4v) is 2.16. The van der Waals surface area contributed by atoms with Crippen LogP contribution in [0.4, 0.5) is 0 Å². The molecule has 0 radical (unpaired) electrons. The number of carbonyl (C=O) groups excluding carboxylic acids is 1. The maximum atomic E-state index is 11.2. The zero-order valence-corrected chi connectivity index (χ0v) is 9.33. The third-order valence-corrected chi connectivity index (χ3v) is 3.07. The minimum Gasteiger partial charge on any atom is -0.504 e. The second-order valence-corrected chi connectivity index (χ2v) is 4.15. The second-order valence-electron chi connectivity index (χ2n) is 4.15. The van der Waals surface area contributed by atoms with Crippen LogP contribution in [0.3, 0.4) is 0 Å². The van der Waals surface area contributed by atoms with E-state index in [0.717, 1.165) is 24.8 Å². The molecule has 1 atom stereocenters. The number of aliphatic hydroxyl groups is 2. The molecule has 0 aromatic rings. The molecule has 0 saturated heterocycles. The van der Waals surface area contributed by atoms with E-state index in [9.17, 15) is 9.90 Å². The van der Waals surface area contributed by atoms with Crippen LogP contribution in [0.15, 0.2) is 11.3 Å². The van der Waals surface area contributed by atoms with Crippen molar-refractivity contribution in [1.29, 1.82) is 0 Å². The van der Waals surface area contributed by atoms with Crippen molar-refractivity contribution in [1.82, 2.24) is 0 Å². The number of carbonyl (C=O) groups is 1. The molecule has 0 spiro atoms. The number of Topliss-reactive ketones (excluding diaryl/α,β-unsaturated/α-hetero) is 1. The topological polar surface area (TPSA) is 57.5 Å². The van der Waals surface area contributed by atoms with E-state index >= 15 is 0 Å². The smallest absolute Gasteiger partial charge is 0.197 e. The van der Waals surface area contributed by atoms with Crippen molar-refractivity contribution < 1.29 is 15.0 Å². The number of ketones is 1. The molecule has 1 aliphatic rings. The first-order chi connectivity index (χ1) is 7.20. The van der Waals surface area contributed by atoms with Crippen LogP contribution in [-0.2, 0) is 4.79 Å². The molecule has 86 valence electrons.